The molecule has 3 N–H and O–H groups in total. The average molecular weight is 349 g/mol. The van der Waals surface area contributed by atoms with E-state index in [1.807, 2.05) is 0 Å². The van der Waals surface area contributed by atoms with Crippen LogP contribution in [-0.2, 0) is 4.79 Å². The molecule has 1 heterocycles. The van der Waals surface area contributed by atoms with Crippen LogP contribution in [0.1, 0.15) is 17.3 Å². The van der Waals surface area contributed by atoms with Gasteiger partial charge in [0.1, 0.15) is 0 Å². The van der Waals surface area contributed by atoms with E-state index in [0.29, 0.717) is 5.69 Å². The minimum Gasteiger partial charge on any atom is -0.481 e. The molecule has 2 rings (SSSR count). The molecule has 1 atom stereocenters. The minimum atomic E-state index is -1.04. The molecule has 24 heavy (non-hydrogen) atoms. The van der Waals surface area contributed by atoms with E-state index in [9.17, 15) is 14.4 Å². The fourth-order valence-corrected chi connectivity index (χ4v) is 2.54. The van der Waals surface area contributed by atoms with Crippen LogP contribution in [0.25, 0.3) is 0 Å². The summed E-state index contributed by atoms with van der Waals surface area (Å²) in [7, 11) is 1.40. The molecule has 9 heteroatoms. The first kappa shape index (κ1) is 17.5. The average Bonchev–Trinajstić information content (AvgIpc) is 2.54. The van der Waals surface area contributed by atoms with E-state index in [2.05, 4.69) is 15.3 Å². The number of hydrogen-bond acceptors (Lipinski definition) is 6. The molecule has 0 aliphatic heterocycles. The van der Waals surface area contributed by atoms with Gasteiger partial charge in [-0.15, -0.1) is 0 Å². The van der Waals surface area contributed by atoms with Crippen LogP contribution in [0.4, 0.5) is 5.69 Å². The number of hydrogen-bond donors (Lipinski definition) is 3. The van der Waals surface area contributed by atoms with Crippen LogP contribution in [0.5, 0.6) is 5.88 Å². The number of carboxylic acids is 1. The molecule has 0 spiro atoms. The lowest BCUT2D eigenvalue weighted by Gasteiger charge is -2.11. The normalized spacial score (nSPS) is 11.6. The summed E-state index contributed by atoms with van der Waals surface area (Å²) in [6.07, 6.45) is 0. The predicted octanol–water partition coefficient (Wildman–Crippen LogP) is 1.60. The highest BCUT2D eigenvalue weighted by Crippen LogP contribution is 2.21. The molecule has 126 valence electrons. The van der Waals surface area contributed by atoms with E-state index in [0.717, 1.165) is 11.8 Å². The number of rotatable bonds is 6. The zero-order chi connectivity index (χ0) is 17.7. The van der Waals surface area contributed by atoms with Crippen molar-refractivity contribution in [2.75, 3.05) is 12.4 Å². The molecular weight excluding hydrogens is 334 g/mol. The number of aromatic amines is 1. The van der Waals surface area contributed by atoms with Gasteiger partial charge >= 0.3 is 5.97 Å². The summed E-state index contributed by atoms with van der Waals surface area (Å²) in [6.45, 7) is 1.66. The van der Waals surface area contributed by atoms with E-state index >= 15 is 0 Å². The first-order valence-electron chi connectivity index (χ1n) is 6.85. The molecule has 1 aromatic heterocycles. The third-order valence-corrected chi connectivity index (χ3v) is 3.95. The van der Waals surface area contributed by atoms with Crippen molar-refractivity contribution in [2.24, 2.45) is 0 Å². The molecule has 1 aromatic carbocycles. The second-order valence-corrected chi connectivity index (χ2v) is 6.05. The van der Waals surface area contributed by atoms with Gasteiger partial charge in [-0.2, -0.15) is 4.98 Å². The maximum absolute atomic E-state index is 12.2. The highest BCUT2D eigenvalue weighted by molar-refractivity contribution is 8.00. The smallest absolute Gasteiger partial charge is 0.335 e. The van der Waals surface area contributed by atoms with Crippen molar-refractivity contribution in [3.8, 4) is 5.88 Å². The van der Waals surface area contributed by atoms with E-state index in [1.165, 1.54) is 37.4 Å². The van der Waals surface area contributed by atoms with Crippen molar-refractivity contribution in [3.63, 3.8) is 0 Å². The highest BCUT2D eigenvalue weighted by atomic mass is 32.2. The lowest BCUT2D eigenvalue weighted by atomic mass is 10.2. The van der Waals surface area contributed by atoms with Crippen LogP contribution in [0.2, 0.25) is 0 Å². The Labute approximate surface area is 141 Å². The Morgan fingerprint density at radius 3 is 2.58 bits per heavy atom. The summed E-state index contributed by atoms with van der Waals surface area (Å²) in [5.41, 5.74) is 0.236. The molecule has 0 radical (unpaired) electrons. The topological polar surface area (TPSA) is 121 Å². The Bertz CT molecular complexity index is 804. The van der Waals surface area contributed by atoms with Gasteiger partial charge in [-0.1, -0.05) is 11.8 Å². The van der Waals surface area contributed by atoms with Crippen LogP contribution in [0, 0.1) is 0 Å². The minimum absolute atomic E-state index is 0.133. The third-order valence-electron chi connectivity index (χ3n) is 2.96. The summed E-state index contributed by atoms with van der Waals surface area (Å²) in [6, 6.07) is 7.02. The predicted molar refractivity (Wildman–Crippen MR) is 88.8 cm³/mol. The Hall–Kier alpha value is -2.81. The largest absolute Gasteiger partial charge is 0.481 e. The van der Waals surface area contributed by atoms with E-state index in [-0.39, 0.29) is 28.1 Å². The van der Waals surface area contributed by atoms with E-state index in [4.69, 9.17) is 9.84 Å². The van der Waals surface area contributed by atoms with Crippen LogP contribution in [-0.4, -0.2) is 39.3 Å². The number of methoxy groups -OCH3 is 1. The lowest BCUT2D eigenvalue weighted by Crippen LogP contribution is -2.23. The van der Waals surface area contributed by atoms with Crippen molar-refractivity contribution in [2.45, 2.75) is 17.3 Å². The number of ether oxygens (including phenoxy) is 1. The van der Waals surface area contributed by atoms with Gasteiger partial charge in [0, 0.05) is 5.69 Å². The number of aromatic nitrogens is 2. The number of thioether (sulfide) groups is 1. The van der Waals surface area contributed by atoms with Crippen LogP contribution < -0.4 is 15.6 Å². The second kappa shape index (κ2) is 7.64. The van der Waals surface area contributed by atoms with Gasteiger partial charge in [0.15, 0.2) is 5.16 Å². The Balaban J connectivity index is 2.03. The summed E-state index contributed by atoms with van der Waals surface area (Å²) in [5.74, 6) is -1.18. The van der Waals surface area contributed by atoms with Crippen molar-refractivity contribution in [1.82, 2.24) is 9.97 Å². The van der Waals surface area contributed by atoms with Gasteiger partial charge < -0.3 is 20.1 Å². The maximum Gasteiger partial charge on any atom is 0.335 e. The lowest BCUT2D eigenvalue weighted by molar-refractivity contribution is -0.115. The molecule has 1 amide bonds. The van der Waals surface area contributed by atoms with Crippen molar-refractivity contribution in [1.29, 1.82) is 0 Å². The SMILES string of the molecule is COc1cc(=O)[nH]c(S[C@@H](C)C(=O)Nc2ccc(C(=O)O)cc2)n1. The summed E-state index contributed by atoms with van der Waals surface area (Å²) < 4.78 is 4.91. The monoisotopic (exact) mass is 349 g/mol. The van der Waals surface area contributed by atoms with Gasteiger partial charge in [-0.3, -0.25) is 9.59 Å². The maximum atomic E-state index is 12.2. The number of aromatic carboxylic acids is 1. The molecule has 0 unspecified atom stereocenters. The fraction of sp³-hybridized carbons (Fsp3) is 0.200. The van der Waals surface area contributed by atoms with Crippen molar-refractivity contribution >= 4 is 29.3 Å². The fourth-order valence-electron chi connectivity index (χ4n) is 1.74. The number of carbonyl (C=O) groups is 2. The Morgan fingerprint density at radius 2 is 2.00 bits per heavy atom. The molecule has 0 saturated carbocycles. The number of H-pyrrole nitrogens is 1. The third kappa shape index (κ3) is 4.59. The van der Waals surface area contributed by atoms with Gasteiger partial charge in [0.25, 0.3) is 5.56 Å². The number of carbonyl (C=O) groups excluding carboxylic acids is 1. The van der Waals surface area contributed by atoms with Gasteiger partial charge in [-0.25, -0.2) is 4.79 Å². The molecule has 2 aromatic rings. The van der Waals surface area contributed by atoms with E-state index in [1.54, 1.807) is 6.92 Å². The Morgan fingerprint density at radius 1 is 1.33 bits per heavy atom. The molecule has 0 saturated heterocycles. The molecule has 0 fully saturated rings. The first-order chi connectivity index (χ1) is 11.4. The number of benzene rings is 1. The standard InChI is InChI=1S/C15H15N3O5S/c1-8(24-15-17-11(19)7-12(18-15)23-2)13(20)16-10-5-3-9(4-6-10)14(21)22/h3-8H,1-2H3,(H,16,20)(H,21,22)(H,17,18,19)/t8-/m0/s1. The van der Waals surface area contributed by atoms with E-state index < -0.39 is 11.2 Å². The number of anilines is 1. The molecule has 8 nitrogen and oxygen atoms in total. The highest BCUT2D eigenvalue weighted by Gasteiger charge is 2.17. The van der Waals surface area contributed by atoms with Gasteiger partial charge in [-0.05, 0) is 31.2 Å². The van der Waals surface area contributed by atoms with Crippen molar-refractivity contribution < 1.29 is 19.4 Å². The summed E-state index contributed by atoms with van der Waals surface area (Å²) >= 11 is 1.07. The van der Waals surface area contributed by atoms with Gasteiger partial charge in [0.05, 0.1) is 24.0 Å². The zero-order valence-electron chi connectivity index (χ0n) is 12.9. The first-order valence-corrected chi connectivity index (χ1v) is 7.73. The number of nitrogens with one attached hydrogen (secondary N) is 2. The number of amides is 1. The summed E-state index contributed by atoms with van der Waals surface area (Å²) in [4.78, 5) is 41.0. The van der Waals surface area contributed by atoms with Crippen LogP contribution in [0.15, 0.2) is 40.3 Å². The number of carboxylic acid groups (broad SMARTS) is 1. The number of nitrogens with zero attached hydrogens (tertiary/aromatic N) is 1. The Kier molecular flexibility index (Phi) is 5.59. The molecule has 0 aliphatic rings. The van der Waals surface area contributed by atoms with Crippen LogP contribution in [0.3, 0.4) is 0 Å². The van der Waals surface area contributed by atoms with Crippen molar-refractivity contribution in [3.05, 3.63) is 46.2 Å². The summed E-state index contributed by atoms with van der Waals surface area (Å²) in [5, 5.41) is 11.2. The molecule has 0 aliphatic carbocycles. The van der Waals surface area contributed by atoms with Crippen LogP contribution >= 0.6 is 11.8 Å². The zero-order valence-corrected chi connectivity index (χ0v) is 13.7. The van der Waals surface area contributed by atoms with Gasteiger partial charge in [0.2, 0.25) is 11.8 Å². The quantitative estimate of drug-likeness (QED) is 0.535. The molecular formula is C15H15N3O5S. The second-order valence-electron chi connectivity index (χ2n) is 4.72. The molecule has 0 bridgehead atoms.